The van der Waals surface area contributed by atoms with Crippen LogP contribution in [-0.4, -0.2) is 13.7 Å². The van der Waals surface area contributed by atoms with Crippen molar-refractivity contribution >= 4 is 210 Å². The Bertz CT molecular complexity index is 9310. The van der Waals surface area contributed by atoms with Crippen LogP contribution >= 0.6 is 0 Å². The highest BCUT2D eigenvalue weighted by Crippen LogP contribution is 2.50. The standard InChI is InChI=1S/C48H33N3O.C42H28N2O.C40H26N2O/c1-5-17-34(18-6-1)49(35-19-7-2-8-20-35)38-31-39(50(36-21-9-3-10-22-36)37-23-11-4-12-24-37)33-40(32-38)51-43-27-15-26-42-41-25-13-14-29-45(41)52-46-30-16-28-44(51)48(46)47(42)43;1-3-11-29(12-4-1)30-21-23-32(24-22-30)43(31-13-5-2-6-14-31)33-25-27-34(28-26-33)44-37-17-9-16-36-35-15-7-8-19-39(35)45-40-20-10-18-38(44)42(40)41(36)37;1-2-12-29(13-3-1)41(32-21-20-27-10-4-5-11-28(27)26-32)30-22-24-31(25-23-30)42-35-16-8-15-34-33-14-6-7-18-37(33)43-38-19-9-17-36(42)40(38)39(34)35/h1-33H;1-28H;1-26H. The topological polar surface area (TPSA) is 67.2 Å². The summed E-state index contributed by atoms with van der Waals surface area (Å²) in [6.45, 7) is 0. The molecule has 0 fully saturated rings. The molecule has 0 unspecified atom stereocenters. The van der Waals surface area contributed by atoms with Crippen molar-refractivity contribution in [2.24, 2.45) is 0 Å². The zero-order valence-electron chi connectivity index (χ0n) is 76.1. The number of hydrogen-bond donors (Lipinski definition) is 0. The summed E-state index contributed by atoms with van der Waals surface area (Å²) in [7, 11) is 0. The smallest absolute Gasteiger partial charge is 0.137 e. The molecule has 660 valence electrons. The highest BCUT2D eigenvalue weighted by atomic mass is 16.3. The van der Waals surface area contributed by atoms with E-state index in [-0.39, 0.29) is 0 Å². The lowest BCUT2D eigenvalue weighted by molar-refractivity contribution is 0.663. The third kappa shape index (κ3) is 14.4. The third-order valence-corrected chi connectivity index (χ3v) is 27.2. The fourth-order valence-electron chi connectivity index (χ4n) is 21.2. The minimum absolute atomic E-state index is 0.862. The zero-order chi connectivity index (χ0) is 92.5. The highest BCUT2D eigenvalue weighted by Gasteiger charge is 2.28. The molecule has 6 aromatic heterocycles. The van der Waals surface area contributed by atoms with Gasteiger partial charge in [-0.15, -0.1) is 0 Å². The van der Waals surface area contributed by atoms with Crippen LogP contribution in [0.4, 0.5) is 68.2 Å². The molecular formula is C130H87N7O3. The quantitative estimate of drug-likeness (QED) is 0.0955. The summed E-state index contributed by atoms with van der Waals surface area (Å²) in [6.07, 6.45) is 0. The lowest BCUT2D eigenvalue weighted by Crippen LogP contribution is -2.14. The average Bonchev–Trinajstić information content (AvgIpc) is 1.57. The molecule has 0 saturated carbocycles. The maximum atomic E-state index is 6.70. The summed E-state index contributed by atoms with van der Waals surface area (Å²) in [5, 5.41) is 16.4. The van der Waals surface area contributed by atoms with Gasteiger partial charge in [0.05, 0.1) is 66.3 Å². The van der Waals surface area contributed by atoms with E-state index in [4.69, 9.17) is 13.3 Å². The van der Waals surface area contributed by atoms with Crippen molar-refractivity contribution in [1.29, 1.82) is 0 Å². The van der Waals surface area contributed by atoms with E-state index in [9.17, 15) is 0 Å². The number of hydrogen-bond acceptors (Lipinski definition) is 7. The summed E-state index contributed by atoms with van der Waals surface area (Å²) >= 11 is 0. The fraction of sp³-hybridized carbons (Fsp3) is 0. The Balaban J connectivity index is 0.000000109. The largest absolute Gasteiger partial charge is 0.456 e. The molecule has 0 amide bonds. The van der Waals surface area contributed by atoms with E-state index >= 15 is 0 Å². The van der Waals surface area contributed by atoms with E-state index in [1.165, 1.54) is 65.3 Å². The number of benzene rings is 22. The van der Waals surface area contributed by atoms with Gasteiger partial charge in [0.15, 0.2) is 0 Å². The Hall–Kier alpha value is -18.9. The number of anilines is 12. The second-order valence-electron chi connectivity index (χ2n) is 35.4. The molecule has 0 aliphatic carbocycles. The summed E-state index contributed by atoms with van der Waals surface area (Å²) in [5.74, 6) is 0. The molecular weight excluding hydrogens is 1710 g/mol. The molecule has 0 spiro atoms. The summed E-state index contributed by atoms with van der Waals surface area (Å²) in [5.41, 5.74) is 30.8. The first-order valence-corrected chi connectivity index (χ1v) is 47.5. The molecule has 6 heterocycles. The monoisotopic (exact) mass is 1790 g/mol. The fourth-order valence-corrected chi connectivity index (χ4v) is 21.2. The van der Waals surface area contributed by atoms with Gasteiger partial charge in [0.2, 0.25) is 0 Å². The number of fused-ring (bicyclic) bond motifs is 7. The first-order valence-electron chi connectivity index (χ1n) is 47.5. The van der Waals surface area contributed by atoms with E-state index in [0.717, 1.165) is 173 Å². The van der Waals surface area contributed by atoms with Crippen LogP contribution in [0.5, 0.6) is 0 Å². The van der Waals surface area contributed by atoms with E-state index in [0.29, 0.717) is 0 Å². The Kier molecular flexibility index (Phi) is 20.4. The predicted octanol–water partition coefficient (Wildman–Crippen LogP) is 36.7. The number of para-hydroxylation sites is 9. The van der Waals surface area contributed by atoms with E-state index in [1.807, 2.05) is 18.2 Å². The first kappa shape index (κ1) is 81.8. The lowest BCUT2D eigenvalue weighted by Gasteiger charge is -2.30. The third-order valence-electron chi connectivity index (χ3n) is 27.2. The van der Waals surface area contributed by atoms with Crippen molar-refractivity contribution in [2.45, 2.75) is 0 Å². The van der Waals surface area contributed by atoms with Gasteiger partial charge >= 0.3 is 0 Å². The van der Waals surface area contributed by atoms with Crippen molar-refractivity contribution in [1.82, 2.24) is 13.7 Å². The molecule has 0 bridgehead atoms. The lowest BCUT2D eigenvalue weighted by atomic mass is 10.0. The Morgan fingerprint density at radius 2 is 0.379 bits per heavy atom. The summed E-state index contributed by atoms with van der Waals surface area (Å²) in [6, 6.07) is 187. The van der Waals surface area contributed by atoms with Crippen molar-refractivity contribution in [2.75, 3.05) is 19.6 Å². The van der Waals surface area contributed by atoms with Crippen LogP contribution in [0.15, 0.2) is 541 Å². The minimum atomic E-state index is 0.862. The molecule has 22 aromatic carbocycles. The van der Waals surface area contributed by atoms with Crippen LogP contribution in [0, 0.1) is 0 Å². The predicted molar refractivity (Wildman–Crippen MR) is 586 cm³/mol. The van der Waals surface area contributed by atoms with Crippen LogP contribution in [0.2, 0.25) is 0 Å². The molecule has 140 heavy (non-hydrogen) atoms. The van der Waals surface area contributed by atoms with Gasteiger partial charge in [-0.1, -0.05) is 291 Å². The second-order valence-corrected chi connectivity index (χ2v) is 35.4. The molecule has 10 nitrogen and oxygen atoms in total. The van der Waals surface area contributed by atoms with Crippen LogP contribution in [0.25, 0.3) is 170 Å². The molecule has 0 radical (unpaired) electrons. The Morgan fingerprint density at radius 3 is 0.736 bits per heavy atom. The van der Waals surface area contributed by atoms with Crippen molar-refractivity contribution in [3.8, 4) is 28.2 Å². The molecule has 28 rings (SSSR count). The van der Waals surface area contributed by atoms with E-state index in [1.54, 1.807) is 0 Å². The molecule has 10 heteroatoms. The van der Waals surface area contributed by atoms with Gasteiger partial charge in [0.1, 0.15) is 33.5 Å². The van der Waals surface area contributed by atoms with Crippen LogP contribution in [0.3, 0.4) is 0 Å². The Morgan fingerprint density at radius 1 is 0.136 bits per heavy atom. The highest BCUT2D eigenvalue weighted by molar-refractivity contribution is 6.30. The van der Waals surface area contributed by atoms with E-state index in [2.05, 4.69) is 543 Å². The molecule has 28 aromatic rings. The number of nitrogens with zero attached hydrogens (tertiary/aromatic N) is 7. The first-order chi connectivity index (χ1) is 69.5. The van der Waals surface area contributed by atoms with Crippen molar-refractivity contribution in [3.05, 3.63) is 528 Å². The van der Waals surface area contributed by atoms with Crippen LogP contribution in [0.1, 0.15) is 0 Å². The average molecular weight is 1800 g/mol. The van der Waals surface area contributed by atoms with Gasteiger partial charge in [-0.05, 0) is 275 Å². The maximum Gasteiger partial charge on any atom is 0.137 e. The zero-order valence-corrected chi connectivity index (χ0v) is 76.1. The number of rotatable bonds is 16. The van der Waals surface area contributed by atoms with Gasteiger partial charge < -0.3 is 46.6 Å². The summed E-state index contributed by atoms with van der Waals surface area (Å²) < 4.78 is 26.9. The maximum absolute atomic E-state index is 6.70. The number of aromatic nitrogens is 3. The molecule has 0 N–H and O–H groups in total. The van der Waals surface area contributed by atoms with Gasteiger partial charge in [-0.3, -0.25) is 0 Å². The molecule has 0 atom stereocenters. The van der Waals surface area contributed by atoms with Crippen LogP contribution in [-0.2, 0) is 0 Å². The second kappa shape index (κ2) is 34.8. The Labute approximate surface area is 807 Å². The summed E-state index contributed by atoms with van der Waals surface area (Å²) in [4.78, 5) is 9.31. The van der Waals surface area contributed by atoms with E-state index < -0.39 is 0 Å². The van der Waals surface area contributed by atoms with Gasteiger partial charge in [0, 0.05) is 101 Å². The normalized spacial score (nSPS) is 11.6. The van der Waals surface area contributed by atoms with Crippen molar-refractivity contribution in [3.63, 3.8) is 0 Å². The van der Waals surface area contributed by atoms with Crippen molar-refractivity contribution < 1.29 is 13.3 Å². The molecule has 0 aliphatic heterocycles. The SMILES string of the molecule is c1ccc(-c2ccc(N(c3ccccc3)c3ccc(-n4c5cccc6oc7ccccc7c7cccc4c7c65)cc3)cc2)cc1.c1ccc(N(c2ccc(-n3c4cccc5oc6ccccc6c6cccc3c6c54)cc2)c2ccc3ccccc3c2)cc1.c1ccc(N(c2ccccc2)c2cc(N(c3ccccc3)c3ccccc3)cc(-n3c4cccc5oc6ccccc6c6cccc3c6c54)c2)cc1. The molecule has 0 aliphatic rings. The van der Waals surface area contributed by atoms with Gasteiger partial charge in [-0.2, -0.15) is 0 Å². The van der Waals surface area contributed by atoms with Crippen LogP contribution < -0.4 is 19.6 Å². The minimum Gasteiger partial charge on any atom is -0.456 e. The molecule has 0 saturated heterocycles. The van der Waals surface area contributed by atoms with Gasteiger partial charge in [-0.25, -0.2) is 0 Å². The van der Waals surface area contributed by atoms with Gasteiger partial charge in [0.25, 0.3) is 0 Å².